The first-order valence-corrected chi connectivity index (χ1v) is 14.5. The summed E-state index contributed by atoms with van der Waals surface area (Å²) in [6.07, 6.45) is 8.87. The van der Waals surface area contributed by atoms with Crippen molar-refractivity contribution in [1.29, 1.82) is 0 Å². The normalized spacial score (nSPS) is 20.0. The Morgan fingerprint density at radius 3 is 2.65 bits per heavy atom. The van der Waals surface area contributed by atoms with Crippen LogP contribution < -0.4 is 15.8 Å². The molecule has 5 heterocycles. The summed E-state index contributed by atoms with van der Waals surface area (Å²) in [6, 6.07) is 9.08. The van der Waals surface area contributed by atoms with Gasteiger partial charge in [-0.15, -0.1) is 0 Å². The number of carbonyl (C=O) groups excluding carboxylic acids is 2. The number of carbonyl (C=O) groups is 2. The summed E-state index contributed by atoms with van der Waals surface area (Å²) < 4.78 is 1.95. The van der Waals surface area contributed by atoms with Gasteiger partial charge >= 0.3 is 6.03 Å². The molecule has 5 aromatic rings. The maximum absolute atomic E-state index is 12.9. The number of nitrogens with zero attached hydrogens (tertiary/aromatic N) is 7. The molecule has 0 radical (unpaired) electrons. The number of nitrogens with one attached hydrogen (secondary N) is 2. The predicted molar refractivity (Wildman–Crippen MR) is 159 cm³/mol. The number of imidazole rings is 1. The van der Waals surface area contributed by atoms with E-state index in [2.05, 4.69) is 31.4 Å². The van der Waals surface area contributed by atoms with Crippen LogP contribution in [0.3, 0.4) is 0 Å². The topological polar surface area (TPSA) is 141 Å². The number of pyridine rings is 1. The second-order valence-electron chi connectivity index (χ2n) is 11.8. The van der Waals surface area contributed by atoms with E-state index in [1.54, 1.807) is 12.3 Å². The van der Waals surface area contributed by atoms with E-state index in [0.717, 1.165) is 52.6 Å². The van der Waals surface area contributed by atoms with Gasteiger partial charge in [-0.1, -0.05) is 0 Å². The lowest BCUT2D eigenvalue weighted by Crippen LogP contribution is -2.30. The minimum atomic E-state index is -0.342. The van der Waals surface area contributed by atoms with Gasteiger partial charge in [-0.2, -0.15) is 4.98 Å². The smallest absolute Gasteiger partial charge is 0.331 e. The lowest BCUT2D eigenvalue weighted by Gasteiger charge is -2.17. The quantitative estimate of drug-likeness (QED) is 0.279. The van der Waals surface area contributed by atoms with Crippen LogP contribution in [0.1, 0.15) is 65.6 Å². The Bertz CT molecular complexity index is 2030. The molecule has 0 bridgehead atoms. The Morgan fingerprint density at radius 1 is 1.02 bits per heavy atom. The van der Waals surface area contributed by atoms with Crippen LogP contribution in [-0.2, 0) is 11.3 Å². The van der Waals surface area contributed by atoms with E-state index < -0.39 is 0 Å². The maximum Gasteiger partial charge on any atom is 0.331 e. The molecule has 216 valence electrons. The molecule has 0 unspecified atom stereocenters. The summed E-state index contributed by atoms with van der Waals surface area (Å²) in [4.78, 5) is 62.1. The van der Waals surface area contributed by atoms with E-state index in [4.69, 9.17) is 4.98 Å². The van der Waals surface area contributed by atoms with Crippen molar-refractivity contribution < 1.29 is 9.59 Å². The zero-order valence-corrected chi connectivity index (χ0v) is 23.7. The molecular formula is C31H29N9O3. The third-order valence-electron chi connectivity index (χ3n) is 8.62. The van der Waals surface area contributed by atoms with Crippen LogP contribution in [0, 0.1) is 6.92 Å². The van der Waals surface area contributed by atoms with Gasteiger partial charge in [0.25, 0.3) is 5.56 Å². The maximum atomic E-state index is 12.9. The Morgan fingerprint density at radius 2 is 1.88 bits per heavy atom. The minimum Gasteiger partial charge on any atom is -0.379 e. The molecule has 1 aliphatic heterocycles. The number of amides is 3. The highest BCUT2D eigenvalue weighted by Gasteiger charge is 2.44. The molecular weight excluding hydrogens is 546 g/mol. The average Bonchev–Trinajstić information content (AvgIpc) is 3.93. The lowest BCUT2D eigenvalue weighted by atomic mass is 10.1. The SMILES string of the molecule is Cc1ccnc([C@H]2C[C@@H]2c2nc(=O)c3ccc(NCc4cn5cc(C6CC6)cc(N6CC(=O)N(C)C6=O)c5n4)cc3[nH]2)n1. The fourth-order valence-electron chi connectivity index (χ4n) is 5.94. The van der Waals surface area contributed by atoms with Gasteiger partial charge in [-0.05, 0) is 68.0 Å². The molecule has 3 aliphatic rings. The van der Waals surface area contributed by atoms with Crippen molar-refractivity contribution in [1.82, 2.24) is 34.2 Å². The van der Waals surface area contributed by atoms with E-state index in [0.29, 0.717) is 40.5 Å². The van der Waals surface area contributed by atoms with Gasteiger partial charge in [0, 0.05) is 48.9 Å². The number of anilines is 2. The van der Waals surface area contributed by atoms with E-state index in [1.165, 1.54) is 11.9 Å². The molecule has 0 spiro atoms. The number of likely N-dealkylation sites (N-methyl/N-ethyl adjacent to an activating group) is 1. The van der Waals surface area contributed by atoms with E-state index in [1.807, 2.05) is 41.8 Å². The van der Waals surface area contributed by atoms with Crippen LogP contribution in [-0.4, -0.2) is 59.8 Å². The molecule has 2 N–H and O–H groups in total. The van der Waals surface area contributed by atoms with Gasteiger partial charge in [0.15, 0.2) is 5.65 Å². The van der Waals surface area contributed by atoms with Gasteiger partial charge in [-0.3, -0.25) is 19.4 Å². The van der Waals surface area contributed by atoms with E-state index >= 15 is 0 Å². The van der Waals surface area contributed by atoms with E-state index in [9.17, 15) is 14.4 Å². The van der Waals surface area contributed by atoms with Crippen molar-refractivity contribution in [3.8, 4) is 0 Å². The van der Waals surface area contributed by atoms with Crippen molar-refractivity contribution in [3.05, 3.63) is 87.9 Å². The van der Waals surface area contributed by atoms with Crippen molar-refractivity contribution in [3.63, 3.8) is 0 Å². The molecule has 2 atom stereocenters. The summed E-state index contributed by atoms with van der Waals surface area (Å²) in [5.41, 5.74) is 5.40. The van der Waals surface area contributed by atoms with Crippen LogP contribution in [0.25, 0.3) is 16.6 Å². The molecule has 12 nitrogen and oxygen atoms in total. The third-order valence-corrected chi connectivity index (χ3v) is 8.62. The number of hydrogen-bond acceptors (Lipinski definition) is 8. The summed E-state index contributed by atoms with van der Waals surface area (Å²) in [7, 11) is 1.50. The number of rotatable bonds is 7. The molecule has 12 heteroatoms. The molecule has 3 amide bonds. The Hall–Kier alpha value is -5.13. The Kier molecular flexibility index (Phi) is 5.62. The van der Waals surface area contributed by atoms with Gasteiger partial charge in [-0.25, -0.2) is 19.7 Å². The zero-order chi connectivity index (χ0) is 29.4. The molecule has 4 aromatic heterocycles. The highest BCUT2D eigenvalue weighted by molar-refractivity contribution is 6.13. The lowest BCUT2D eigenvalue weighted by molar-refractivity contribution is -0.123. The first-order chi connectivity index (χ1) is 20.8. The second kappa shape index (κ2) is 9.45. The number of benzene rings is 1. The summed E-state index contributed by atoms with van der Waals surface area (Å²) in [5.74, 6) is 1.91. The van der Waals surface area contributed by atoms with Crippen molar-refractivity contribution in [2.24, 2.45) is 0 Å². The monoisotopic (exact) mass is 575 g/mol. The molecule has 1 aromatic carbocycles. The molecule has 8 rings (SSSR count). The third kappa shape index (κ3) is 4.49. The summed E-state index contributed by atoms with van der Waals surface area (Å²) >= 11 is 0. The average molecular weight is 576 g/mol. The minimum absolute atomic E-state index is 0.00527. The molecule has 1 saturated heterocycles. The van der Waals surface area contributed by atoms with Crippen LogP contribution >= 0.6 is 0 Å². The predicted octanol–water partition coefficient (Wildman–Crippen LogP) is 3.83. The summed E-state index contributed by atoms with van der Waals surface area (Å²) in [6.45, 7) is 2.38. The van der Waals surface area contributed by atoms with Crippen molar-refractivity contribution in [2.45, 2.75) is 50.5 Å². The van der Waals surface area contributed by atoms with Crippen LogP contribution in [0.2, 0.25) is 0 Å². The standard InChI is InChI=1S/C31H29N9O3/c1-16-7-8-32-27(34-16)22-11-23(22)28-36-24-10-19(5-6-21(24)30(42)37-28)33-12-20-14-39-13-18(17-3-4-17)9-25(29(39)35-20)40-15-26(41)38(2)31(40)43/h5-10,13-14,17,22-23,33H,3-4,11-12,15H2,1-2H3,(H,36,37,42)/t22-,23-/m0/s1. The van der Waals surface area contributed by atoms with Crippen LogP contribution in [0.4, 0.5) is 16.2 Å². The first kappa shape index (κ1) is 25.6. The Balaban J connectivity index is 1.06. The number of imide groups is 1. The number of urea groups is 1. The van der Waals surface area contributed by atoms with Gasteiger partial charge in [0.05, 0.1) is 28.8 Å². The van der Waals surface area contributed by atoms with Crippen LogP contribution in [0.5, 0.6) is 0 Å². The zero-order valence-electron chi connectivity index (χ0n) is 23.7. The van der Waals surface area contributed by atoms with Crippen LogP contribution in [0.15, 0.2) is 53.7 Å². The number of fused-ring (bicyclic) bond motifs is 2. The number of H-pyrrole nitrogens is 1. The highest BCUT2D eigenvalue weighted by Crippen LogP contribution is 2.52. The van der Waals surface area contributed by atoms with Gasteiger partial charge < -0.3 is 14.7 Å². The molecule has 2 saturated carbocycles. The highest BCUT2D eigenvalue weighted by atomic mass is 16.2. The van der Waals surface area contributed by atoms with Crippen molar-refractivity contribution >= 4 is 39.9 Å². The van der Waals surface area contributed by atoms with Crippen molar-refractivity contribution in [2.75, 3.05) is 23.8 Å². The fourth-order valence-corrected chi connectivity index (χ4v) is 5.94. The number of aryl methyl sites for hydroxylation is 1. The molecule has 2 aliphatic carbocycles. The number of aromatic nitrogens is 6. The molecule has 43 heavy (non-hydrogen) atoms. The number of aromatic amines is 1. The van der Waals surface area contributed by atoms with Gasteiger partial charge in [0.1, 0.15) is 18.2 Å². The number of hydrogen-bond donors (Lipinski definition) is 2. The summed E-state index contributed by atoms with van der Waals surface area (Å²) in [5, 5.41) is 3.95. The van der Waals surface area contributed by atoms with Gasteiger partial charge in [0.2, 0.25) is 5.91 Å². The molecule has 3 fully saturated rings. The largest absolute Gasteiger partial charge is 0.379 e. The fraction of sp³-hybridized carbons (Fsp3) is 0.323. The van der Waals surface area contributed by atoms with E-state index in [-0.39, 0.29) is 35.9 Å². The first-order valence-electron chi connectivity index (χ1n) is 14.5. The Labute approximate surface area is 245 Å². The second-order valence-corrected chi connectivity index (χ2v) is 11.8.